The Kier molecular flexibility index (Phi) is 4.16. The third-order valence-electron chi connectivity index (χ3n) is 2.96. The number of carbonyl (C=O) groups is 1. The average Bonchev–Trinajstić information content (AvgIpc) is 2.80. The Morgan fingerprint density at radius 1 is 1.47 bits per heavy atom. The van der Waals surface area contributed by atoms with E-state index in [9.17, 15) is 4.79 Å². The first kappa shape index (κ1) is 13.5. The summed E-state index contributed by atoms with van der Waals surface area (Å²) in [5.41, 5.74) is 13.6. The highest BCUT2D eigenvalue weighted by Crippen LogP contribution is 2.25. The lowest BCUT2D eigenvalue weighted by molar-refractivity contribution is 0.161. The molecule has 1 aromatic rings. The van der Waals surface area contributed by atoms with E-state index in [-0.39, 0.29) is 6.61 Å². The second-order valence-electron chi connectivity index (χ2n) is 4.30. The van der Waals surface area contributed by atoms with Crippen LogP contribution in [0, 0.1) is 0 Å². The topological polar surface area (TPSA) is 103 Å². The molecule has 1 aliphatic rings. The Balaban J connectivity index is 2.10. The lowest BCUT2D eigenvalue weighted by Gasteiger charge is -2.12. The molecular formula is C12H16N4O2S. The van der Waals surface area contributed by atoms with E-state index in [1.54, 1.807) is 0 Å². The fraction of sp³-hybridized carbons (Fsp3) is 0.417. The summed E-state index contributed by atoms with van der Waals surface area (Å²) >= 11 is 5.03. The minimum absolute atomic E-state index is 0.171. The molecule has 0 spiro atoms. The number of nitrogens with one attached hydrogen (secondary N) is 1. The maximum Gasteiger partial charge on any atom is 0.404 e. The number of nitrogens with zero attached hydrogens (tertiary/aromatic N) is 1. The number of aromatic nitrogens is 1. The van der Waals surface area contributed by atoms with Crippen LogP contribution in [-0.2, 0) is 17.6 Å². The van der Waals surface area contributed by atoms with Crippen LogP contribution in [-0.4, -0.2) is 29.2 Å². The second-order valence-corrected chi connectivity index (χ2v) is 4.74. The molecule has 5 N–H and O–H groups in total. The van der Waals surface area contributed by atoms with Gasteiger partial charge in [0, 0.05) is 5.69 Å². The molecule has 1 aromatic heterocycles. The molecule has 0 saturated carbocycles. The van der Waals surface area contributed by atoms with E-state index in [1.807, 2.05) is 6.07 Å². The summed E-state index contributed by atoms with van der Waals surface area (Å²) in [5.74, 6) is 0.640. The van der Waals surface area contributed by atoms with Crippen molar-refractivity contribution >= 4 is 29.1 Å². The van der Waals surface area contributed by atoms with Crippen molar-refractivity contribution in [3.05, 3.63) is 22.9 Å². The van der Waals surface area contributed by atoms with Gasteiger partial charge in [0.25, 0.3) is 0 Å². The van der Waals surface area contributed by atoms with Crippen LogP contribution in [0.25, 0.3) is 0 Å². The fourth-order valence-corrected chi connectivity index (χ4v) is 2.27. The summed E-state index contributed by atoms with van der Waals surface area (Å²) in [6.45, 7) is 0.579. The van der Waals surface area contributed by atoms with Gasteiger partial charge in [0.1, 0.15) is 17.4 Å². The number of anilines is 1. The van der Waals surface area contributed by atoms with Crippen molar-refractivity contribution in [1.29, 1.82) is 0 Å². The van der Waals surface area contributed by atoms with Gasteiger partial charge < -0.3 is 21.5 Å². The van der Waals surface area contributed by atoms with Crippen molar-refractivity contribution in [2.45, 2.75) is 19.3 Å². The van der Waals surface area contributed by atoms with Crippen molar-refractivity contribution < 1.29 is 9.53 Å². The maximum absolute atomic E-state index is 10.5. The van der Waals surface area contributed by atoms with Crippen molar-refractivity contribution in [2.75, 3.05) is 18.5 Å². The van der Waals surface area contributed by atoms with Gasteiger partial charge in [-0.3, -0.25) is 0 Å². The predicted octanol–water partition coefficient (Wildman–Crippen LogP) is 0.712. The van der Waals surface area contributed by atoms with E-state index in [0.717, 1.165) is 30.5 Å². The number of amides is 1. The largest absolute Gasteiger partial charge is 0.448 e. The number of carbonyl (C=O) groups excluding carboxylic acids is 1. The van der Waals surface area contributed by atoms with E-state index >= 15 is 0 Å². The SMILES string of the molecule is NC(=O)OCCNc1nc2c(cc1C(N)=S)CCC2. The minimum atomic E-state index is -0.793. The third-order valence-corrected chi connectivity index (χ3v) is 3.18. The van der Waals surface area contributed by atoms with Crippen molar-refractivity contribution in [3.8, 4) is 0 Å². The molecule has 0 aliphatic heterocycles. The average molecular weight is 280 g/mol. The summed E-state index contributed by atoms with van der Waals surface area (Å²) in [6, 6.07) is 1.99. The minimum Gasteiger partial charge on any atom is -0.448 e. The molecular weight excluding hydrogens is 264 g/mol. The van der Waals surface area contributed by atoms with Gasteiger partial charge in [-0.05, 0) is 30.9 Å². The Morgan fingerprint density at radius 3 is 2.95 bits per heavy atom. The van der Waals surface area contributed by atoms with Gasteiger partial charge in [-0.2, -0.15) is 0 Å². The highest BCUT2D eigenvalue weighted by Gasteiger charge is 2.17. The molecule has 1 heterocycles. The number of fused-ring (bicyclic) bond motifs is 1. The summed E-state index contributed by atoms with van der Waals surface area (Å²) in [7, 11) is 0. The Morgan fingerprint density at radius 2 is 2.26 bits per heavy atom. The standard InChI is InChI=1S/C12H16N4O2S/c13-10(19)8-6-7-2-1-3-9(7)16-11(8)15-4-5-18-12(14)17/h6H,1-5H2,(H2,13,19)(H2,14,17)(H,15,16). The van der Waals surface area contributed by atoms with Gasteiger partial charge in [0.05, 0.1) is 12.1 Å². The maximum atomic E-state index is 10.5. The molecule has 0 bridgehead atoms. The van der Waals surface area contributed by atoms with Crippen LogP contribution in [0.3, 0.4) is 0 Å². The van der Waals surface area contributed by atoms with E-state index in [4.69, 9.17) is 23.7 Å². The molecule has 2 rings (SSSR count). The van der Waals surface area contributed by atoms with Crippen LogP contribution in [0.2, 0.25) is 0 Å². The van der Waals surface area contributed by atoms with Crippen molar-refractivity contribution in [2.24, 2.45) is 11.5 Å². The Labute approximate surface area is 116 Å². The van der Waals surface area contributed by atoms with E-state index in [0.29, 0.717) is 17.4 Å². The predicted molar refractivity (Wildman–Crippen MR) is 76.2 cm³/mol. The molecule has 0 atom stereocenters. The zero-order chi connectivity index (χ0) is 13.8. The number of primary amides is 1. The first-order valence-corrected chi connectivity index (χ1v) is 6.47. The van der Waals surface area contributed by atoms with Gasteiger partial charge >= 0.3 is 6.09 Å². The van der Waals surface area contributed by atoms with E-state index in [1.165, 1.54) is 5.56 Å². The molecule has 0 unspecified atom stereocenters. The number of nitrogens with two attached hydrogens (primary N) is 2. The number of pyridine rings is 1. The van der Waals surface area contributed by atoms with Crippen LogP contribution >= 0.6 is 12.2 Å². The van der Waals surface area contributed by atoms with Crippen molar-refractivity contribution in [3.63, 3.8) is 0 Å². The number of hydrogen-bond donors (Lipinski definition) is 3. The second kappa shape index (κ2) is 5.83. The van der Waals surface area contributed by atoms with Crippen LogP contribution in [0.5, 0.6) is 0 Å². The van der Waals surface area contributed by atoms with Crippen LogP contribution < -0.4 is 16.8 Å². The van der Waals surface area contributed by atoms with E-state index < -0.39 is 6.09 Å². The van der Waals surface area contributed by atoms with Gasteiger partial charge in [0.15, 0.2) is 0 Å². The lowest BCUT2D eigenvalue weighted by atomic mass is 10.1. The van der Waals surface area contributed by atoms with Gasteiger partial charge in [-0.1, -0.05) is 12.2 Å². The molecule has 1 amide bonds. The van der Waals surface area contributed by atoms with Gasteiger partial charge in [-0.15, -0.1) is 0 Å². The summed E-state index contributed by atoms with van der Waals surface area (Å²) in [6.07, 6.45) is 2.30. The number of rotatable bonds is 5. The molecule has 0 fully saturated rings. The smallest absolute Gasteiger partial charge is 0.404 e. The normalized spacial score (nSPS) is 12.8. The van der Waals surface area contributed by atoms with Gasteiger partial charge in [-0.25, -0.2) is 9.78 Å². The lowest BCUT2D eigenvalue weighted by Crippen LogP contribution is -2.21. The molecule has 0 aromatic carbocycles. The Bertz CT molecular complexity index is 519. The Hall–Kier alpha value is -1.89. The highest BCUT2D eigenvalue weighted by atomic mass is 32.1. The number of hydrogen-bond acceptors (Lipinski definition) is 5. The van der Waals surface area contributed by atoms with Gasteiger partial charge in [0.2, 0.25) is 0 Å². The quantitative estimate of drug-likeness (QED) is 0.542. The molecule has 6 nitrogen and oxygen atoms in total. The summed E-state index contributed by atoms with van der Waals surface area (Å²) in [4.78, 5) is 15.3. The van der Waals surface area contributed by atoms with E-state index in [2.05, 4.69) is 15.0 Å². The number of ether oxygens (including phenoxy) is 1. The van der Waals surface area contributed by atoms with Crippen LogP contribution in [0.4, 0.5) is 10.6 Å². The summed E-state index contributed by atoms with van der Waals surface area (Å²) < 4.78 is 4.64. The molecule has 0 saturated heterocycles. The molecule has 7 heteroatoms. The van der Waals surface area contributed by atoms with Crippen LogP contribution in [0.15, 0.2) is 6.07 Å². The zero-order valence-electron chi connectivity index (χ0n) is 10.4. The zero-order valence-corrected chi connectivity index (χ0v) is 11.3. The monoisotopic (exact) mass is 280 g/mol. The first-order valence-electron chi connectivity index (χ1n) is 6.06. The third kappa shape index (κ3) is 3.31. The van der Waals surface area contributed by atoms with Crippen LogP contribution in [0.1, 0.15) is 23.2 Å². The molecule has 19 heavy (non-hydrogen) atoms. The van der Waals surface area contributed by atoms with Crippen molar-refractivity contribution in [1.82, 2.24) is 4.98 Å². The fourth-order valence-electron chi connectivity index (χ4n) is 2.12. The molecule has 102 valence electrons. The molecule has 1 aliphatic carbocycles. The first-order chi connectivity index (χ1) is 9.08. The number of thiocarbonyl (C=S) groups is 1. The molecule has 0 radical (unpaired) electrons. The summed E-state index contributed by atoms with van der Waals surface area (Å²) in [5, 5.41) is 3.07. The highest BCUT2D eigenvalue weighted by molar-refractivity contribution is 7.80. The number of aryl methyl sites for hydroxylation is 2.